The quantitative estimate of drug-likeness (QED) is 0.294. The van der Waals surface area contributed by atoms with Gasteiger partial charge >= 0.3 is 5.97 Å². The van der Waals surface area contributed by atoms with Gasteiger partial charge in [-0.05, 0) is 38.3 Å². The molecule has 1 rings (SSSR count). The van der Waals surface area contributed by atoms with Crippen molar-refractivity contribution in [2.45, 2.75) is 42.9 Å². The van der Waals surface area contributed by atoms with Crippen LogP contribution in [0.25, 0.3) is 0 Å². The van der Waals surface area contributed by atoms with Crippen molar-refractivity contribution in [1.29, 1.82) is 0 Å². The lowest BCUT2D eigenvalue weighted by Gasteiger charge is -2.30. The predicted molar refractivity (Wildman–Crippen MR) is 107 cm³/mol. The minimum absolute atomic E-state index is 0.210. The van der Waals surface area contributed by atoms with Crippen molar-refractivity contribution in [2.75, 3.05) is 19.8 Å². The van der Waals surface area contributed by atoms with E-state index in [-0.39, 0.29) is 11.3 Å². The number of benzene rings is 1. The smallest absolute Gasteiger partial charge is 0.328 e. The lowest BCUT2D eigenvalue weighted by Crippen LogP contribution is -2.52. The van der Waals surface area contributed by atoms with Crippen LogP contribution in [0.1, 0.15) is 31.2 Å². The Morgan fingerprint density at radius 3 is 2.44 bits per heavy atom. The summed E-state index contributed by atoms with van der Waals surface area (Å²) in [5, 5.41) is 11.9. The third-order valence-corrected chi connectivity index (χ3v) is 5.55. The van der Waals surface area contributed by atoms with Crippen molar-refractivity contribution in [1.82, 2.24) is 10.2 Å². The SMILES string of the molecule is CN(C)C(SCc1ccccc1)C(NC(=O)CCCCCS)C(=O)O. The minimum atomic E-state index is -1.01. The number of hydrogen-bond donors (Lipinski definition) is 3. The standard InChI is InChI=1S/C18H28N2O3S2/c1-20(2)17(25-13-14-9-5-3-6-10-14)16(18(22)23)19-15(21)11-7-4-8-12-24/h3,5-6,9-10,16-17,24H,4,7-8,11-13H2,1-2H3,(H,19,21)(H,22,23). The highest BCUT2D eigenvalue weighted by molar-refractivity contribution is 7.99. The van der Waals surface area contributed by atoms with Crippen molar-refractivity contribution in [3.8, 4) is 0 Å². The third kappa shape index (κ3) is 8.65. The van der Waals surface area contributed by atoms with Crippen LogP contribution in [0, 0.1) is 0 Å². The van der Waals surface area contributed by atoms with E-state index in [1.807, 2.05) is 49.3 Å². The molecule has 25 heavy (non-hydrogen) atoms. The second-order valence-corrected chi connectivity index (χ2v) is 7.62. The Morgan fingerprint density at radius 2 is 1.88 bits per heavy atom. The summed E-state index contributed by atoms with van der Waals surface area (Å²) in [6, 6.07) is 8.95. The Labute approximate surface area is 160 Å². The molecule has 5 nitrogen and oxygen atoms in total. The van der Waals surface area contributed by atoms with Crippen molar-refractivity contribution in [2.24, 2.45) is 0 Å². The maximum Gasteiger partial charge on any atom is 0.328 e. The zero-order valence-electron chi connectivity index (χ0n) is 14.9. The molecule has 1 aromatic rings. The molecular weight excluding hydrogens is 356 g/mol. The summed E-state index contributed by atoms with van der Waals surface area (Å²) in [5.74, 6) is 0.269. The van der Waals surface area contributed by atoms with E-state index >= 15 is 0 Å². The van der Waals surface area contributed by atoms with Crippen LogP contribution in [0.4, 0.5) is 0 Å². The number of nitrogens with one attached hydrogen (secondary N) is 1. The highest BCUT2D eigenvalue weighted by atomic mass is 32.2. The van der Waals surface area contributed by atoms with Gasteiger partial charge in [-0.2, -0.15) is 12.6 Å². The summed E-state index contributed by atoms with van der Waals surface area (Å²) in [5.41, 5.74) is 1.13. The van der Waals surface area contributed by atoms with Crippen LogP contribution in [0.3, 0.4) is 0 Å². The molecule has 0 aliphatic heterocycles. The average Bonchev–Trinajstić information content (AvgIpc) is 2.58. The maximum atomic E-state index is 12.1. The van der Waals surface area contributed by atoms with E-state index < -0.39 is 12.0 Å². The van der Waals surface area contributed by atoms with E-state index in [4.69, 9.17) is 0 Å². The number of carboxylic acid groups (broad SMARTS) is 1. The number of amides is 1. The fourth-order valence-corrected chi connectivity index (χ4v) is 3.83. The van der Waals surface area contributed by atoms with Gasteiger partial charge in [-0.25, -0.2) is 4.79 Å². The number of carbonyl (C=O) groups is 2. The molecule has 0 aliphatic carbocycles. The first-order chi connectivity index (χ1) is 12.0. The summed E-state index contributed by atoms with van der Waals surface area (Å²) in [6.07, 6.45) is 2.99. The molecule has 2 unspecified atom stereocenters. The molecule has 2 atom stereocenters. The maximum absolute atomic E-state index is 12.1. The molecule has 0 saturated carbocycles. The van der Waals surface area contributed by atoms with Gasteiger partial charge in [0.05, 0.1) is 5.37 Å². The molecule has 7 heteroatoms. The number of likely N-dealkylation sites (N-methyl/N-ethyl adjacent to an activating group) is 1. The zero-order valence-corrected chi connectivity index (χ0v) is 16.6. The number of carboxylic acids is 1. The number of hydrogen-bond acceptors (Lipinski definition) is 5. The van der Waals surface area contributed by atoms with Crippen LogP contribution < -0.4 is 5.32 Å². The fraction of sp³-hybridized carbons (Fsp3) is 0.556. The number of thioether (sulfide) groups is 1. The summed E-state index contributed by atoms with van der Waals surface area (Å²) < 4.78 is 0. The molecule has 2 N–H and O–H groups in total. The average molecular weight is 385 g/mol. The largest absolute Gasteiger partial charge is 0.480 e. The highest BCUT2D eigenvalue weighted by Crippen LogP contribution is 2.22. The van der Waals surface area contributed by atoms with Crippen LogP contribution in [0.2, 0.25) is 0 Å². The molecule has 0 bridgehead atoms. The Hall–Kier alpha value is -1.18. The highest BCUT2D eigenvalue weighted by Gasteiger charge is 2.31. The molecular formula is C18H28N2O3S2. The van der Waals surface area contributed by atoms with Gasteiger partial charge in [-0.1, -0.05) is 36.8 Å². The molecule has 0 fully saturated rings. The second kappa shape index (κ2) is 12.2. The van der Waals surface area contributed by atoms with Gasteiger partial charge in [-0.15, -0.1) is 11.8 Å². The van der Waals surface area contributed by atoms with E-state index in [1.165, 1.54) is 11.8 Å². The summed E-state index contributed by atoms with van der Waals surface area (Å²) in [6.45, 7) is 0. The van der Waals surface area contributed by atoms with Gasteiger partial charge < -0.3 is 10.4 Å². The molecule has 0 spiro atoms. The van der Waals surface area contributed by atoms with E-state index in [9.17, 15) is 14.7 Å². The van der Waals surface area contributed by atoms with E-state index in [0.717, 1.165) is 30.6 Å². The number of unbranched alkanes of at least 4 members (excludes halogenated alkanes) is 2. The monoisotopic (exact) mass is 384 g/mol. The Kier molecular flexibility index (Phi) is 10.7. The normalized spacial score (nSPS) is 13.4. The van der Waals surface area contributed by atoms with Crippen molar-refractivity contribution < 1.29 is 14.7 Å². The Balaban J connectivity index is 2.64. The van der Waals surface area contributed by atoms with Gasteiger partial charge in [0.25, 0.3) is 0 Å². The van der Waals surface area contributed by atoms with Crippen LogP contribution in [0.15, 0.2) is 30.3 Å². The Morgan fingerprint density at radius 1 is 1.20 bits per heavy atom. The van der Waals surface area contributed by atoms with Crippen LogP contribution in [-0.2, 0) is 15.3 Å². The number of nitrogens with zero attached hydrogens (tertiary/aromatic N) is 1. The third-order valence-electron chi connectivity index (χ3n) is 3.70. The molecule has 0 heterocycles. The molecule has 140 valence electrons. The summed E-state index contributed by atoms with van der Waals surface area (Å²) in [7, 11) is 3.66. The number of aliphatic carboxylic acids is 1. The first-order valence-electron chi connectivity index (χ1n) is 8.40. The lowest BCUT2D eigenvalue weighted by atomic mass is 10.2. The van der Waals surface area contributed by atoms with Gasteiger partial charge in [0, 0.05) is 12.2 Å². The molecule has 0 aromatic heterocycles. The van der Waals surface area contributed by atoms with Gasteiger partial charge in [0.1, 0.15) is 0 Å². The molecule has 0 radical (unpaired) electrons. The van der Waals surface area contributed by atoms with Crippen molar-refractivity contribution in [3.05, 3.63) is 35.9 Å². The topological polar surface area (TPSA) is 69.6 Å². The number of thiol groups is 1. The first-order valence-corrected chi connectivity index (χ1v) is 10.1. The van der Waals surface area contributed by atoms with Crippen molar-refractivity contribution in [3.63, 3.8) is 0 Å². The van der Waals surface area contributed by atoms with E-state index in [2.05, 4.69) is 17.9 Å². The van der Waals surface area contributed by atoms with Crippen molar-refractivity contribution >= 4 is 36.3 Å². The summed E-state index contributed by atoms with van der Waals surface area (Å²) >= 11 is 5.66. The van der Waals surface area contributed by atoms with Crippen LogP contribution in [-0.4, -0.2) is 53.1 Å². The number of rotatable bonds is 12. The van der Waals surface area contributed by atoms with E-state index in [1.54, 1.807) is 0 Å². The van der Waals surface area contributed by atoms with Crippen LogP contribution >= 0.6 is 24.4 Å². The molecule has 0 saturated heterocycles. The molecule has 1 aromatic carbocycles. The van der Waals surface area contributed by atoms with Gasteiger partial charge in [0.15, 0.2) is 6.04 Å². The van der Waals surface area contributed by atoms with Crippen LogP contribution in [0.5, 0.6) is 0 Å². The predicted octanol–water partition coefficient (Wildman–Crippen LogP) is 2.87. The van der Waals surface area contributed by atoms with E-state index in [0.29, 0.717) is 12.2 Å². The van der Waals surface area contributed by atoms with Gasteiger partial charge in [-0.3, -0.25) is 9.69 Å². The molecule has 1 amide bonds. The minimum Gasteiger partial charge on any atom is -0.480 e. The number of carbonyl (C=O) groups excluding carboxylic acids is 1. The second-order valence-electron chi connectivity index (χ2n) is 6.07. The Bertz CT molecular complexity index is 526. The first kappa shape index (κ1) is 21.9. The molecule has 0 aliphatic rings. The summed E-state index contributed by atoms with van der Waals surface area (Å²) in [4.78, 5) is 25.6. The zero-order chi connectivity index (χ0) is 18.7. The fourth-order valence-electron chi connectivity index (χ4n) is 2.37. The lowest BCUT2D eigenvalue weighted by molar-refractivity contribution is -0.142. The van der Waals surface area contributed by atoms with Gasteiger partial charge in [0.2, 0.25) is 5.91 Å².